The predicted molar refractivity (Wildman–Crippen MR) is 74.4 cm³/mol. The minimum atomic E-state index is -0.0675. The first-order chi connectivity index (χ1) is 8.52. The van der Waals surface area contributed by atoms with Crippen molar-refractivity contribution in [2.75, 3.05) is 12.3 Å². The minimum Gasteiger partial charge on any atom is -0.384 e. The zero-order valence-corrected chi connectivity index (χ0v) is 11.5. The molecule has 100 valence electrons. The van der Waals surface area contributed by atoms with E-state index >= 15 is 0 Å². The molecule has 0 saturated heterocycles. The van der Waals surface area contributed by atoms with Gasteiger partial charge in [-0.3, -0.25) is 4.79 Å². The Hall–Kier alpha value is -1.58. The van der Waals surface area contributed by atoms with Gasteiger partial charge in [-0.1, -0.05) is 27.2 Å². The van der Waals surface area contributed by atoms with Gasteiger partial charge in [-0.2, -0.15) is 0 Å². The van der Waals surface area contributed by atoms with Crippen molar-refractivity contribution in [2.24, 2.45) is 5.92 Å². The van der Waals surface area contributed by atoms with Crippen molar-refractivity contribution in [3.8, 4) is 0 Å². The van der Waals surface area contributed by atoms with Crippen LogP contribution in [0, 0.1) is 5.92 Å². The molecule has 4 heteroatoms. The Labute approximate surface area is 109 Å². The van der Waals surface area contributed by atoms with Crippen LogP contribution >= 0.6 is 0 Å². The molecule has 0 aliphatic carbocycles. The van der Waals surface area contributed by atoms with E-state index in [0.29, 0.717) is 23.8 Å². The average Bonchev–Trinajstić information content (AvgIpc) is 2.28. The molecule has 0 aliphatic heterocycles. The summed E-state index contributed by atoms with van der Waals surface area (Å²) in [5.74, 6) is 0.931. The number of pyridine rings is 1. The highest BCUT2D eigenvalue weighted by Crippen LogP contribution is 2.09. The fourth-order valence-corrected chi connectivity index (χ4v) is 1.70. The number of aryl methyl sites for hydroxylation is 1. The molecule has 0 fully saturated rings. The third-order valence-corrected chi connectivity index (χ3v) is 2.67. The first-order valence-electron chi connectivity index (χ1n) is 6.57. The summed E-state index contributed by atoms with van der Waals surface area (Å²) in [5, 5.41) is 2.90. The van der Waals surface area contributed by atoms with E-state index < -0.39 is 0 Å². The van der Waals surface area contributed by atoms with Crippen LogP contribution in [0.4, 0.5) is 5.82 Å². The number of aromatic nitrogens is 1. The number of carbonyl (C=O) groups excluding carboxylic acids is 1. The topological polar surface area (TPSA) is 68.0 Å². The van der Waals surface area contributed by atoms with Crippen LogP contribution in [0.1, 0.15) is 49.7 Å². The van der Waals surface area contributed by atoms with Crippen LogP contribution in [0.25, 0.3) is 0 Å². The first-order valence-corrected chi connectivity index (χ1v) is 6.57. The van der Waals surface area contributed by atoms with Crippen molar-refractivity contribution >= 4 is 11.7 Å². The number of nitrogens with two attached hydrogens (primary N) is 1. The number of rotatable bonds is 6. The predicted octanol–water partition coefficient (Wildman–Crippen LogP) is 2.39. The molecule has 4 nitrogen and oxygen atoms in total. The molecule has 1 rings (SSSR count). The smallest absolute Gasteiger partial charge is 0.251 e. The zero-order chi connectivity index (χ0) is 13.5. The summed E-state index contributed by atoms with van der Waals surface area (Å²) in [6, 6.07) is 3.45. The molecule has 0 unspecified atom stereocenters. The lowest BCUT2D eigenvalue weighted by molar-refractivity contribution is 0.0952. The fourth-order valence-electron chi connectivity index (χ4n) is 1.70. The Morgan fingerprint density at radius 3 is 2.78 bits per heavy atom. The zero-order valence-electron chi connectivity index (χ0n) is 11.5. The molecule has 0 atom stereocenters. The van der Waals surface area contributed by atoms with Gasteiger partial charge in [0, 0.05) is 17.8 Å². The second-order valence-corrected chi connectivity index (χ2v) is 4.96. The van der Waals surface area contributed by atoms with Gasteiger partial charge in [0.25, 0.3) is 5.91 Å². The summed E-state index contributed by atoms with van der Waals surface area (Å²) >= 11 is 0. The molecule has 0 bridgehead atoms. The van der Waals surface area contributed by atoms with Crippen molar-refractivity contribution in [3.63, 3.8) is 0 Å². The number of hydrogen-bond acceptors (Lipinski definition) is 3. The van der Waals surface area contributed by atoms with Gasteiger partial charge in [-0.25, -0.2) is 4.98 Å². The molecular formula is C14H23N3O. The molecule has 1 heterocycles. The number of nitrogen functional groups attached to an aromatic ring is 1. The van der Waals surface area contributed by atoms with Crippen molar-refractivity contribution in [1.82, 2.24) is 10.3 Å². The van der Waals surface area contributed by atoms with Crippen LogP contribution in [0.15, 0.2) is 12.1 Å². The van der Waals surface area contributed by atoms with Gasteiger partial charge in [0.2, 0.25) is 0 Å². The normalized spacial score (nSPS) is 10.7. The van der Waals surface area contributed by atoms with Crippen LogP contribution in [0.2, 0.25) is 0 Å². The number of anilines is 1. The molecule has 1 aromatic heterocycles. The van der Waals surface area contributed by atoms with E-state index in [0.717, 1.165) is 25.0 Å². The molecule has 0 spiro atoms. The summed E-state index contributed by atoms with van der Waals surface area (Å²) in [4.78, 5) is 16.2. The van der Waals surface area contributed by atoms with Gasteiger partial charge >= 0.3 is 0 Å². The SMILES string of the molecule is CCCc1cc(C(=O)NCCC(C)C)cc(N)n1. The Morgan fingerprint density at radius 2 is 2.17 bits per heavy atom. The summed E-state index contributed by atoms with van der Waals surface area (Å²) in [6.45, 7) is 7.04. The second kappa shape index (κ2) is 6.99. The van der Waals surface area contributed by atoms with Crippen LogP contribution < -0.4 is 11.1 Å². The van der Waals surface area contributed by atoms with E-state index in [1.807, 2.05) is 6.07 Å². The first kappa shape index (κ1) is 14.5. The molecular weight excluding hydrogens is 226 g/mol. The lowest BCUT2D eigenvalue weighted by Gasteiger charge is -2.09. The Kier molecular flexibility index (Phi) is 5.62. The van der Waals surface area contributed by atoms with Gasteiger partial charge in [0.1, 0.15) is 5.82 Å². The van der Waals surface area contributed by atoms with E-state index in [1.54, 1.807) is 6.07 Å². The monoisotopic (exact) mass is 249 g/mol. The van der Waals surface area contributed by atoms with E-state index in [2.05, 4.69) is 31.1 Å². The fraction of sp³-hybridized carbons (Fsp3) is 0.571. The Morgan fingerprint density at radius 1 is 1.44 bits per heavy atom. The summed E-state index contributed by atoms with van der Waals surface area (Å²) in [7, 11) is 0. The Balaban J connectivity index is 2.66. The van der Waals surface area contributed by atoms with Crippen molar-refractivity contribution in [1.29, 1.82) is 0 Å². The third kappa shape index (κ3) is 4.73. The molecule has 0 radical (unpaired) electrons. The number of nitrogens with zero attached hydrogens (tertiary/aromatic N) is 1. The maximum absolute atomic E-state index is 11.9. The second-order valence-electron chi connectivity index (χ2n) is 4.96. The number of carbonyl (C=O) groups is 1. The highest BCUT2D eigenvalue weighted by Gasteiger charge is 2.08. The molecule has 1 amide bonds. The molecule has 0 aromatic carbocycles. The quantitative estimate of drug-likeness (QED) is 0.813. The number of hydrogen-bond donors (Lipinski definition) is 2. The van der Waals surface area contributed by atoms with Gasteiger partial charge in [-0.15, -0.1) is 0 Å². The summed E-state index contributed by atoms with van der Waals surface area (Å²) < 4.78 is 0. The maximum atomic E-state index is 11.9. The van der Waals surface area contributed by atoms with E-state index in [1.165, 1.54) is 0 Å². The van der Waals surface area contributed by atoms with E-state index in [9.17, 15) is 4.79 Å². The minimum absolute atomic E-state index is 0.0675. The standard InChI is InChI=1S/C14H23N3O/c1-4-5-12-8-11(9-13(15)17-12)14(18)16-7-6-10(2)3/h8-10H,4-7H2,1-3H3,(H2,15,17)(H,16,18). The number of amides is 1. The average molecular weight is 249 g/mol. The number of nitrogens with one attached hydrogen (secondary N) is 1. The van der Waals surface area contributed by atoms with Crippen LogP contribution in [0.5, 0.6) is 0 Å². The van der Waals surface area contributed by atoms with Crippen LogP contribution in [0.3, 0.4) is 0 Å². The molecule has 0 aliphatic rings. The largest absolute Gasteiger partial charge is 0.384 e. The molecule has 0 saturated carbocycles. The van der Waals surface area contributed by atoms with E-state index in [-0.39, 0.29) is 5.91 Å². The molecule has 1 aromatic rings. The van der Waals surface area contributed by atoms with Gasteiger partial charge in [0.05, 0.1) is 0 Å². The van der Waals surface area contributed by atoms with E-state index in [4.69, 9.17) is 5.73 Å². The lowest BCUT2D eigenvalue weighted by Crippen LogP contribution is -2.25. The van der Waals surface area contributed by atoms with Gasteiger partial charge in [-0.05, 0) is 30.9 Å². The molecule has 18 heavy (non-hydrogen) atoms. The highest BCUT2D eigenvalue weighted by molar-refractivity contribution is 5.94. The van der Waals surface area contributed by atoms with Gasteiger partial charge < -0.3 is 11.1 Å². The maximum Gasteiger partial charge on any atom is 0.251 e. The molecule has 3 N–H and O–H groups in total. The summed E-state index contributed by atoms with van der Waals surface area (Å²) in [5.41, 5.74) is 7.20. The Bertz CT molecular complexity index is 402. The van der Waals surface area contributed by atoms with Crippen molar-refractivity contribution in [3.05, 3.63) is 23.4 Å². The highest BCUT2D eigenvalue weighted by atomic mass is 16.1. The van der Waals surface area contributed by atoms with Crippen molar-refractivity contribution in [2.45, 2.75) is 40.0 Å². The lowest BCUT2D eigenvalue weighted by atomic mass is 10.1. The van der Waals surface area contributed by atoms with Crippen LogP contribution in [-0.4, -0.2) is 17.4 Å². The third-order valence-electron chi connectivity index (χ3n) is 2.67. The van der Waals surface area contributed by atoms with Crippen molar-refractivity contribution < 1.29 is 4.79 Å². The van der Waals surface area contributed by atoms with Gasteiger partial charge in [0.15, 0.2) is 0 Å². The van der Waals surface area contributed by atoms with Crippen LogP contribution in [-0.2, 0) is 6.42 Å². The summed E-state index contributed by atoms with van der Waals surface area (Å²) in [6.07, 6.45) is 2.82.